The largest absolute Gasteiger partial charge is 1.00 e. The van der Waals surface area contributed by atoms with Crippen molar-refractivity contribution in [2.45, 2.75) is 32.6 Å². The van der Waals surface area contributed by atoms with Gasteiger partial charge in [0, 0.05) is 0 Å². The summed E-state index contributed by atoms with van der Waals surface area (Å²) in [5.74, 6) is 0. The Labute approximate surface area is 173 Å². The molecule has 0 amide bonds. The molecule has 1 aliphatic rings. The van der Waals surface area contributed by atoms with Gasteiger partial charge in [0.2, 0.25) is 0 Å². The molecule has 0 aromatic heterocycles. The fourth-order valence-electron chi connectivity index (χ4n) is 4.63. The van der Waals surface area contributed by atoms with Crippen LogP contribution in [0.1, 0.15) is 29.5 Å². The van der Waals surface area contributed by atoms with Gasteiger partial charge < -0.3 is 0 Å². The number of aryl methyl sites for hydroxylation is 2. The SMILES string of the molecule is Cc1cc2cc(-c3ccccc3-c3ccccc3)c3c(c2[cH-]1)CCCC3.[Li+]. The number of benzene rings is 3. The topological polar surface area (TPSA) is 0 Å². The van der Waals surface area contributed by atoms with Crippen molar-refractivity contribution in [1.29, 1.82) is 0 Å². The molecule has 0 nitrogen and oxygen atoms in total. The van der Waals surface area contributed by atoms with Gasteiger partial charge in [-0.25, -0.2) is 0 Å². The van der Waals surface area contributed by atoms with Gasteiger partial charge in [-0.1, -0.05) is 92.4 Å². The van der Waals surface area contributed by atoms with E-state index in [1.54, 1.807) is 11.1 Å². The van der Waals surface area contributed by atoms with Gasteiger partial charge in [0.05, 0.1) is 0 Å². The molecule has 0 N–H and O–H groups in total. The summed E-state index contributed by atoms with van der Waals surface area (Å²) in [5, 5.41) is 2.89. The van der Waals surface area contributed by atoms with E-state index in [-0.39, 0.29) is 18.9 Å². The Morgan fingerprint density at radius 1 is 0.704 bits per heavy atom. The molecule has 0 saturated carbocycles. The number of rotatable bonds is 2. The summed E-state index contributed by atoms with van der Waals surface area (Å²) in [4.78, 5) is 0. The zero-order chi connectivity index (χ0) is 17.5. The van der Waals surface area contributed by atoms with Crippen LogP contribution in [0.4, 0.5) is 0 Å². The zero-order valence-corrected chi connectivity index (χ0v) is 16.3. The molecule has 1 heteroatoms. The Morgan fingerprint density at radius 3 is 2.15 bits per heavy atom. The second-order valence-electron chi connectivity index (χ2n) is 7.54. The Kier molecular flexibility index (Phi) is 5.05. The molecule has 1 aliphatic carbocycles. The fourth-order valence-corrected chi connectivity index (χ4v) is 4.63. The summed E-state index contributed by atoms with van der Waals surface area (Å²) in [6.07, 6.45) is 5.04. The van der Waals surface area contributed by atoms with Crippen molar-refractivity contribution in [3.8, 4) is 22.3 Å². The van der Waals surface area contributed by atoms with Crippen LogP contribution in [0.3, 0.4) is 0 Å². The van der Waals surface area contributed by atoms with Crippen molar-refractivity contribution in [3.63, 3.8) is 0 Å². The van der Waals surface area contributed by atoms with Crippen LogP contribution in [0.25, 0.3) is 33.0 Å². The Morgan fingerprint density at radius 2 is 1.37 bits per heavy atom. The Balaban J connectivity index is 0.00000180. The Hall–Kier alpha value is -2.13. The first-order valence-corrected chi connectivity index (χ1v) is 9.68. The first kappa shape index (κ1) is 18.2. The Bertz CT molecular complexity index is 1090. The van der Waals surface area contributed by atoms with E-state index in [4.69, 9.17) is 0 Å². The molecule has 0 aliphatic heterocycles. The molecular weight excluding hydrogens is 319 g/mol. The maximum Gasteiger partial charge on any atom is 1.00 e. The molecule has 0 spiro atoms. The minimum absolute atomic E-state index is 0. The van der Waals surface area contributed by atoms with Crippen LogP contribution in [0, 0.1) is 6.92 Å². The normalized spacial score (nSPS) is 13.2. The van der Waals surface area contributed by atoms with Crippen molar-refractivity contribution >= 4 is 10.8 Å². The van der Waals surface area contributed by atoms with E-state index in [2.05, 4.69) is 79.7 Å². The minimum Gasteiger partial charge on any atom is -0.165 e. The van der Waals surface area contributed by atoms with Crippen LogP contribution < -0.4 is 18.9 Å². The molecule has 0 saturated heterocycles. The molecule has 5 rings (SSSR count). The molecule has 0 atom stereocenters. The second kappa shape index (κ2) is 7.47. The van der Waals surface area contributed by atoms with Crippen LogP contribution in [0.15, 0.2) is 72.8 Å². The molecule has 0 fully saturated rings. The van der Waals surface area contributed by atoms with Crippen LogP contribution in [0.2, 0.25) is 0 Å². The third kappa shape index (κ3) is 3.18. The third-order valence-corrected chi connectivity index (χ3v) is 5.79. The molecule has 0 bridgehead atoms. The number of hydrogen-bond donors (Lipinski definition) is 0. The van der Waals surface area contributed by atoms with Crippen molar-refractivity contribution < 1.29 is 18.9 Å². The van der Waals surface area contributed by atoms with Gasteiger partial charge >= 0.3 is 18.9 Å². The minimum atomic E-state index is 0. The van der Waals surface area contributed by atoms with Crippen molar-refractivity contribution in [2.24, 2.45) is 0 Å². The van der Waals surface area contributed by atoms with Crippen LogP contribution in [-0.4, -0.2) is 0 Å². The first-order chi connectivity index (χ1) is 12.8. The predicted molar refractivity (Wildman–Crippen MR) is 112 cm³/mol. The summed E-state index contributed by atoms with van der Waals surface area (Å²) in [6.45, 7) is 2.22. The average molecular weight is 342 g/mol. The van der Waals surface area contributed by atoms with Gasteiger partial charge in [-0.15, -0.1) is 28.0 Å². The molecule has 4 aromatic carbocycles. The second-order valence-corrected chi connectivity index (χ2v) is 7.54. The van der Waals surface area contributed by atoms with Crippen molar-refractivity contribution in [3.05, 3.63) is 89.5 Å². The van der Waals surface area contributed by atoms with Crippen LogP contribution >= 0.6 is 0 Å². The first-order valence-electron chi connectivity index (χ1n) is 9.68. The van der Waals surface area contributed by atoms with Crippen molar-refractivity contribution in [1.82, 2.24) is 0 Å². The van der Waals surface area contributed by atoms with E-state index in [0.29, 0.717) is 0 Å². The van der Waals surface area contributed by atoms with Gasteiger partial charge in [-0.3, -0.25) is 0 Å². The maximum absolute atomic E-state index is 2.44. The quantitative estimate of drug-likeness (QED) is 0.380. The molecule has 0 radical (unpaired) electrons. The van der Waals surface area contributed by atoms with Crippen LogP contribution in [0.5, 0.6) is 0 Å². The zero-order valence-electron chi connectivity index (χ0n) is 16.3. The number of fused-ring (bicyclic) bond motifs is 3. The van der Waals surface area contributed by atoms with E-state index in [0.717, 1.165) is 0 Å². The molecule has 4 aromatic rings. The van der Waals surface area contributed by atoms with Gasteiger partial charge in [-0.2, -0.15) is 6.07 Å². The van der Waals surface area contributed by atoms with E-state index in [9.17, 15) is 0 Å². The number of hydrogen-bond acceptors (Lipinski definition) is 0. The van der Waals surface area contributed by atoms with Gasteiger partial charge in [-0.05, 0) is 28.7 Å². The summed E-state index contributed by atoms with van der Waals surface area (Å²) < 4.78 is 0. The van der Waals surface area contributed by atoms with Gasteiger partial charge in [0.25, 0.3) is 0 Å². The van der Waals surface area contributed by atoms with Crippen molar-refractivity contribution in [2.75, 3.05) is 0 Å². The van der Waals surface area contributed by atoms with Crippen LogP contribution in [-0.2, 0) is 12.8 Å². The standard InChI is InChI=1S/C26H23.Li/c1-18-15-20-17-26(24-14-8-7-13-23(24)25(20)16-18)22-12-6-5-11-21(22)19-9-3-2-4-10-19;/h2-6,9-12,15-17H,7-8,13-14H2,1H3;/q-1;+1. The monoisotopic (exact) mass is 342 g/mol. The van der Waals surface area contributed by atoms with E-state index < -0.39 is 0 Å². The molecule has 0 heterocycles. The summed E-state index contributed by atoms with van der Waals surface area (Å²) >= 11 is 0. The molecule has 128 valence electrons. The summed E-state index contributed by atoms with van der Waals surface area (Å²) in [7, 11) is 0. The summed E-state index contributed by atoms with van der Waals surface area (Å²) in [6, 6.07) is 26.9. The smallest absolute Gasteiger partial charge is 0.165 e. The third-order valence-electron chi connectivity index (χ3n) is 5.79. The molecular formula is C26H23Li. The molecule has 0 unspecified atom stereocenters. The summed E-state index contributed by atoms with van der Waals surface area (Å²) in [5.41, 5.74) is 10.0. The van der Waals surface area contributed by atoms with E-state index >= 15 is 0 Å². The van der Waals surface area contributed by atoms with Gasteiger partial charge in [0.15, 0.2) is 0 Å². The predicted octanol–water partition coefficient (Wildman–Crippen LogP) is 4.08. The molecule has 27 heavy (non-hydrogen) atoms. The fraction of sp³-hybridized carbons (Fsp3) is 0.192. The van der Waals surface area contributed by atoms with E-state index in [1.165, 1.54) is 64.3 Å². The van der Waals surface area contributed by atoms with Gasteiger partial charge in [0.1, 0.15) is 0 Å². The maximum atomic E-state index is 2.44. The van der Waals surface area contributed by atoms with E-state index in [1.807, 2.05) is 0 Å². The average Bonchev–Trinajstić information content (AvgIpc) is 3.08.